The minimum atomic E-state index is -0.249. The third-order valence-electron chi connectivity index (χ3n) is 4.21. The summed E-state index contributed by atoms with van der Waals surface area (Å²) in [6.45, 7) is 3.20. The Morgan fingerprint density at radius 3 is 2.96 bits per heavy atom. The van der Waals surface area contributed by atoms with Crippen LogP contribution in [-0.2, 0) is 4.74 Å². The van der Waals surface area contributed by atoms with Gasteiger partial charge in [-0.15, -0.1) is 5.10 Å². The average Bonchev–Trinajstić information content (AvgIpc) is 3.07. The second kappa shape index (κ2) is 5.55. The third kappa shape index (κ3) is 2.58. The molecule has 1 aromatic carbocycles. The number of ether oxygens (including phenoxy) is 1. The van der Waals surface area contributed by atoms with E-state index in [1.807, 2.05) is 4.90 Å². The predicted octanol–water partition coefficient (Wildman–Crippen LogP) is 0.130. The number of hydrogen-bond acceptors (Lipinski definition) is 6. The third-order valence-corrected chi connectivity index (χ3v) is 4.45. The average molecular weight is 335 g/mol. The summed E-state index contributed by atoms with van der Waals surface area (Å²) in [7, 11) is 0. The maximum atomic E-state index is 13.0. The quantitative estimate of drug-likeness (QED) is 0.840. The number of carbonyl (C=O) groups excluding carboxylic acids is 1. The number of nitrogens with one attached hydrogen (secondary N) is 1. The van der Waals surface area contributed by atoms with Gasteiger partial charge in [0, 0.05) is 24.7 Å². The van der Waals surface area contributed by atoms with Crippen molar-refractivity contribution in [1.29, 1.82) is 0 Å². The smallest absolute Gasteiger partial charge is 0.256 e. The maximum absolute atomic E-state index is 13.0. The van der Waals surface area contributed by atoms with Gasteiger partial charge in [0.1, 0.15) is 11.9 Å². The molecule has 0 saturated carbocycles. The zero-order chi connectivity index (χ0) is 15.9. The van der Waals surface area contributed by atoms with Crippen LogP contribution in [0.2, 0.25) is 5.02 Å². The largest absolute Gasteiger partial charge is 0.369 e. The van der Waals surface area contributed by atoms with Gasteiger partial charge in [-0.1, -0.05) is 11.6 Å². The number of hydrogen-bond donors (Lipinski definition) is 1. The minimum absolute atomic E-state index is 0.0902. The molecule has 1 spiro atoms. The van der Waals surface area contributed by atoms with E-state index in [1.54, 1.807) is 18.2 Å². The van der Waals surface area contributed by atoms with Gasteiger partial charge in [-0.05, 0) is 28.6 Å². The Bertz CT molecular complexity index is 731. The lowest BCUT2D eigenvalue weighted by molar-refractivity contribution is -0.126. The Morgan fingerprint density at radius 1 is 1.39 bits per heavy atom. The van der Waals surface area contributed by atoms with Crippen molar-refractivity contribution < 1.29 is 9.53 Å². The van der Waals surface area contributed by atoms with Gasteiger partial charge in [0.15, 0.2) is 0 Å². The summed E-state index contributed by atoms with van der Waals surface area (Å²) >= 11 is 6.09. The highest BCUT2D eigenvalue weighted by atomic mass is 35.5. The van der Waals surface area contributed by atoms with Crippen molar-refractivity contribution in [3.8, 4) is 5.69 Å². The zero-order valence-electron chi connectivity index (χ0n) is 12.3. The van der Waals surface area contributed by atoms with E-state index < -0.39 is 0 Å². The second-order valence-electron chi connectivity index (χ2n) is 5.78. The van der Waals surface area contributed by atoms with Crippen LogP contribution in [0.3, 0.4) is 0 Å². The normalized spacial score (nSPS) is 19.6. The second-order valence-corrected chi connectivity index (χ2v) is 6.21. The molecule has 2 fully saturated rings. The highest BCUT2D eigenvalue weighted by molar-refractivity contribution is 6.31. The van der Waals surface area contributed by atoms with E-state index in [0.717, 1.165) is 13.1 Å². The summed E-state index contributed by atoms with van der Waals surface area (Å²) < 4.78 is 7.29. The fraction of sp³-hybridized carbons (Fsp3) is 0.429. The van der Waals surface area contributed by atoms with Gasteiger partial charge in [0.2, 0.25) is 0 Å². The van der Waals surface area contributed by atoms with Gasteiger partial charge in [-0.25, -0.2) is 0 Å². The molecule has 0 atom stereocenters. The van der Waals surface area contributed by atoms with Crippen LogP contribution in [-0.4, -0.2) is 69.4 Å². The molecule has 8 nitrogen and oxygen atoms in total. The Hall–Kier alpha value is -2.03. The fourth-order valence-corrected chi connectivity index (χ4v) is 3.13. The molecular weight excluding hydrogens is 320 g/mol. The SMILES string of the molecule is O=C(c1cc(Cl)ccc1-n1cnnn1)N1CCOC2(CNC2)C1. The Labute approximate surface area is 137 Å². The first-order valence-electron chi connectivity index (χ1n) is 7.34. The molecule has 120 valence electrons. The number of tetrazole rings is 1. The van der Waals surface area contributed by atoms with Crippen LogP contribution in [0.4, 0.5) is 0 Å². The van der Waals surface area contributed by atoms with Crippen molar-refractivity contribution in [3.05, 3.63) is 35.1 Å². The standard InChI is InChI=1S/C14H15ClN6O2/c15-10-1-2-12(21-9-17-18-19-21)11(5-10)13(22)20-3-4-23-14(8-20)6-16-7-14/h1-2,5,9,16H,3-4,6-8H2. The van der Waals surface area contributed by atoms with Crippen LogP contribution >= 0.6 is 11.6 Å². The first-order chi connectivity index (χ1) is 11.2. The molecule has 0 bridgehead atoms. The van der Waals surface area contributed by atoms with Crippen molar-refractivity contribution in [1.82, 2.24) is 30.4 Å². The van der Waals surface area contributed by atoms with Crippen molar-refractivity contribution in [3.63, 3.8) is 0 Å². The van der Waals surface area contributed by atoms with Gasteiger partial charge in [0.25, 0.3) is 5.91 Å². The first kappa shape index (κ1) is 14.6. The highest BCUT2D eigenvalue weighted by Gasteiger charge is 2.43. The summed E-state index contributed by atoms with van der Waals surface area (Å²) in [6.07, 6.45) is 1.46. The van der Waals surface area contributed by atoms with Crippen molar-refractivity contribution in [2.45, 2.75) is 5.60 Å². The molecule has 3 heterocycles. The van der Waals surface area contributed by atoms with Crippen LogP contribution in [0.25, 0.3) is 5.69 Å². The number of rotatable bonds is 2. The first-order valence-corrected chi connectivity index (χ1v) is 7.72. The van der Waals surface area contributed by atoms with E-state index in [-0.39, 0.29) is 11.5 Å². The molecule has 9 heteroatoms. The Morgan fingerprint density at radius 2 is 2.26 bits per heavy atom. The van der Waals surface area contributed by atoms with Crippen molar-refractivity contribution in [2.24, 2.45) is 0 Å². The summed E-state index contributed by atoms with van der Waals surface area (Å²) in [4.78, 5) is 14.8. The minimum Gasteiger partial charge on any atom is -0.369 e. The molecule has 2 aliphatic rings. The molecule has 23 heavy (non-hydrogen) atoms. The fourth-order valence-electron chi connectivity index (χ4n) is 2.96. The molecule has 2 aliphatic heterocycles. The number of halogens is 1. The van der Waals surface area contributed by atoms with E-state index in [9.17, 15) is 4.79 Å². The molecule has 0 unspecified atom stereocenters. The Kier molecular flexibility index (Phi) is 3.51. The monoisotopic (exact) mass is 334 g/mol. The Balaban J connectivity index is 1.66. The summed E-state index contributed by atoms with van der Waals surface area (Å²) in [5.74, 6) is -0.0902. The number of aromatic nitrogens is 4. The highest BCUT2D eigenvalue weighted by Crippen LogP contribution is 2.26. The lowest BCUT2D eigenvalue weighted by Crippen LogP contribution is -2.69. The van der Waals surface area contributed by atoms with Crippen molar-refractivity contribution in [2.75, 3.05) is 32.8 Å². The van der Waals surface area contributed by atoms with Crippen LogP contribution in [0.1, 0.15) is 10.4 Å². The summed E-state index contributed by atoms with van der Waals surface area (Å²) in [5, 5.41) is 14.8. The molecular formula is C14H15ClN6O2. The van der Waals surface area contributed by atoms with E-state index in [4.69, 9.17) is 16.3 Å². The molecule has 1 N–H and O–H groups in total. The number of carbonyl (C=O) groups is 1. The molecule has 2 aromatic rings. The molecule has 1 amide bonds. The lowest BCUT2D eigenvalue weighted by atomic mass is 9.94. The van der Waals surface area contributed by atoms with Crippen molar-refractivity contribution >= 4 is 17.5 Å². The van der Waals surface area contributed by atoms with Gasteiger partial charge in [-0.3, -0.25) is 4.79 Å². The van der Waals surface area contributed by atoms with E-state index in [1.165, 1.54) is 11.0 Å². The molecule has 0 aliphatic carbocycles. The van der Waals surface area contributed by atoms with Gasteiger partial charge >= 0.3 is 0 Å². The number of benzene rings is 1. The van der Waals surface area contributed by atoms with Crippen LogP contribution in [0, 0.1) is 0 Å². The topological polar surface area (TPSA) is 85.2 Å². The molecule has 0 radical (unpaired) electrons. The van der Waals surface area contributed by atoms with Gasteiger partial charge in [-0.2, -0.15) is 4.68 Å². The number of amides is 1. The zero-order valence-corrected chi connectivity index (χ0v) is 13.0. The van der Waals surface area contributed by atoms with Gasteiger partial charge in [0.05, 0.1) is 24.4 Å². The number of morpholine rings is 1. The van der Waals surface area contributed by atoms with Crippen LogP contribution in [0.5, 0.6) is 0 Å². The van der Waals surface area contributed by atoms with Crippen LogP contribution < -0.4 is 5.32 Å². The number of nitrogens with zero attached hydrogens (tertiary/aromatic N) is 5. The maximum Gasteiger partial charge on any atom is 0.256 e. The van der Waals surface area contributed by atoms with E-state index >= 15 is 0 Å². The lowest BCUT2D eigenvalue weighted by Gasteiger charge is -2.48. The summed E-state index contributed by atoms with van der Waals surface area (Å²) in [5.41, 5.74) is 0.840. The molecule has 4 rings (SSSR count). The molecule has 1 aromatic heterocycles. The predicted molar refractivity (Wildman–Crippen MR) is 81.6 cm³/mol. The van der Waals surface area contributed by atoms with E-state index in [2.05, 4.69) is 20.8 Å². The van der Waals surface area contributed by atoms with Crippen LogP contribution in [0.15, 0.2) is 24.5 Å². The summed E-state index contributed by atoms with van der Waals surface area (Å²) in [6, 6.07) is 5.11. The van der Waals surface area contributed by atoms with E-state index in [0.29, 0.717) is 36.0 Å². The van der Waals surface area contributed by atoms with Gasteiger partial charge < -0.3 is 15.0 Å². The molecule has 2 saturated heterocycles.